The molecule has 5 nitrogen and oxygen atoms in total. The molecule has 0 bridgehead atoms. The SMILES string of the molecule is O=C(c1ccccc1-c1ncc[nH]1)N1CC[C@@H](Cc2cccc(CO)c2)C1. The molecule has 138 valence electrons. The Morgan fingerprint density at radius 1 is 1.19 bits per heavy atom. The average molecular weight is 361 g/mol. The first-order valence-corrected chi connectivity index (χ1v) is 9.31. The number of aliphatic hydroxyl groups is 1. The van der Waals surface area contributed by atoms with Gasteiger partial charge in [-0.2, -0.15) is 0 Å². The average Bonchev–Trinajstić information content (AvgIpc) is 3.40. The maximum absolute atomic E-state index is 13.1. The molecule has 4 rings (SSSR count). The number of rotatable bonds is 5. The predicted octanol–water partition coefficient (Wildman–Crippen LogP) is 3.27. The van der Waals surface area contributed by atoms with E-state index in [-0.39, 0.29) is 12.5 Å². The van der Waals surface area contributed by atoms with E-state index < -0.39 is 0 Å². The normalized spacial score (nSPS) is 16.6. The van der Waals surface area contributed by atoms with Crippen molar-refractivity contribution in [2.24, 2.45) is 5.92 Å². The van der Waals surface area contributed by atoms with Crippen molar-refractivity contribution < 1.29 is 9.90 Å². The summed E-state index contributed by atoms with van der Waals surface area (Å²) in [5.41, 5.74) is 3.68. The lowest BCUT2D eigenvalue weighted by Gasteiger charge is -2.18. The van der Waals surface area contributed by atoms with Gasteiger partial charge in [0.15, 0.2) is 0 Å². The Labute approximate surface area is 158 Å². The fraction of sp³-hybridized carbons (Fsp3) is 0.273. The molecule has 1 atom stereocenters. The Balaban J connectivity index is 1.47. The highest BCUT2D eigenvalue weighted by Gasteiger charge is 2.28. The minimum atomic E-state index is 0.0622. The second-order valence-corrected chi connectivity index (χ2v) is 7.07. The largest absolute Gasteiger partial charge is 0.392 e. The summed E-state index contributed by atoms with van der Waals surface area (Å²) in [6.07, 6.45) is 5.39. The summed E-state index contributed by atoms with van der Waals surface area (Å²) >= 11 is 0. The molecular weight excluding hydrogens is 338 g/mol. The summed E-state index contributed by atoms with van der Waals surface area (Å²) in [5, 5.41) is 9.31. The molecule has 0 radical (unpaired) electrons. The maximum Gasteiger partial charge on any atom is 0.254 e. The Morgan fingerprint density at radius 3 is 2.85 bits per heavy atom. The fourth-order valence-corrected chi connectivity index (χ4v) is 3.83. The smallest absolute Gasteiger partial charge is 0.254 e. The Morgan fingerprint density at radius 2 is 2.04 bits per heavy atom. The van der Waals surface area contributed by atoms with E-state index in [0.717, 1.165) is 42.9 Å². The number of carbonyl (C=O) groups excluding carboxylic acids is 1. The number of H-pyrrole nitrogens is 1. The van der Waals surface area contributed by atoms with Gasteiger partial charge in [0.1, 0.15) is 5.82 Å². The van der Waals surface area contributed by atoms with E-state index in [1.54, 1.807) is 12.4 Å². The van der Waals surface area contributed by atoms with Crippen LogP contribution in [-0.4, -0.2) is 39.0 Å². The second kappa shape index (κ2) is 7.76. The maximum atomic E-state index is 13.1. The monoisotopic (exact) mass is 361 g/mol. The summed E-state index contributed by atoms with van der Waals surface area (Å²) < 4.78 is 0. The lowest BCUT2D eigenvalue weighted by Crippen LogP contribution is -2.29. The topological polar surface area (TPSA) is 69.2 Å². The van der Waals surface area contributed by atoms with Crippen molar-refractivity contribution in [2.45, 2.75) is 19.4 Å². The molecule has 3 aromatic rings. The molecular formula is C22H23N3O2. The van der Waals surface area contributed by atoms with Crippen LogP contribution in [-0.2, 0) is 13.0 Å². The van der Waals surface area contributed by atoms with E-state index in [4.69, 9.17) is 0 Å². The number of hydrogen-bond acceptors (Lipinski definition) is 3. The third kappa shape index (κ3) is 3.78. The Hall–Kier alpha value is -2.92. The zero-order valence-electron chi connectivity index (χ0n) is 15.1. The van der Waals surface area contributed by atoms with Gasteiger partial charge in [0.25, 0.3) is 5.91 Å². The van der Waals surface area contributed by atoms with Gasteiger partial charge in [-0.05, 0) is 36.0 Å². The molecule has 1 fully saturated rings. The predicted molar refractivity (Wildman–Crippen MR) is 104 cm³/mol. The number of aromatic amines is 1. The third-order valence-corrected chi connectivity index (χ3v) is 5.18. The van der Waals surface area contributed by atoms with Gasteiger partial charge in [-0.25, -0.2) is 4.98 Å². The van der Waals surface area contributed by atoms with Crippen molar-refractivity contribution in [3.05, 3.63) is 77.6 Å². The van der Waals surface area contributed by atoms with Crippen LogP contribution in [0, 0.1) is 5.92 Å². The molecule has 1 aromatic heterocycles. The fourth-order valence-electron chi connectivity index (χ4n) is 3.83. The van der Waals surface area contributed by atoms with E-state index in [9.17, 15) is 9.90 Å². The van der Waals surface area contributed by atoms with E-state index in [1.165, 1.54) is 5.56 Å². The van der Waals surface area contributed by atoms with Gasteiger partial charge < -0.3 is 15.0 Å². The molecule has 5 heteroatoms. The summed E-state index contributed by atoms with van der Waals surface area (Å²) in [5.74, 6) is 1.22. The Kier molecular flexibility index (Phi) is 5.03. The molecule has 1 aliphatic rings. The lowest BCUT2D eigenvalue weighted by atomic mass is 9.97. The first-order chi connectivity index (χ1) is 13.2. The Bertz CT molecular complexity index is 921. The molecule has 0 saturated carbocycles. The van der Waals surface area contributed by atoms with Crippen molar-refractivity contribution >= 4 is 5.91 Å². The number of aromatic nitrogens is 2. The summed E-state index contributed by atoms with van der Waals surface area (Å²) in [7, 11) is 0. The van der Waals surface area contributed by atoms with Gasteiger partial charge in [0.05, 0.1) is 12.2 Å². The van der Waals surface area contributed by atoms with Gasteiger partial charge in [0, 0.05) is 31.0 Å². The number of nitrogens with zero attached hydrogens (tertiary/aromatic N) is 2. The van der Waals surface area contributed by atoms with E-state index in [1.807, 2.05) is 41.3 Å². The molecule has 1 saturated heterocycles. The quantitative estimate of drug-likeness (QED) is 0.733. The molecule has 1 aliphatic heterocycles. The van der Waals surface area contributed by atoms with Crippen LogP contribution in [0.2, 0.25) is 0 Å². The van der Waals surface area contributed by atoms with Crippen LogP contribution < -0.4 is 0 Å². The second-order valence-electron chi connectivity index (χ2n) is 7.07. The van der Waals surface area contributed by atoms with Crippen molar-refractivity contribution in [3.8, 4) is 11.4 Å². The van der Waals surface area contributed by atoms with Crippen molar-refractivity contribution in [1.29, 1.82) is 0 Å². The highest BCUT2D eigenvalue weighted by atomic mass is 16.3. The van der Waals surface area contributed by atoms with E-state index >= 15 is 0 Å². The van der Waals surface area contributed by atoms with Gasteiger partial charge in [-0.3, -0.25) is 4.79 Å². The molecule has 1 amide bonds. The van der Waals surface area contributed by atoms with Crippen LogP contribution in [0.15, 0.2) is 60.9 Å². The molecule has 2 N–H and O–H groups in total. The number of aliphatic hydroxyl groups excluding tert-OH is 1. The number of nitrogens with one attached hydrogen (secondary N) is 1. The van der Waals surface area contributed by atoms with Crippen LogP contribution in [0.3, 0.4) is 0 Å². The van der Waals surface area contributed by atoms with E-state index in [2.05, 4.69) is 22.1 Å². The molecule has 2 aromatic carbocycles. The molecule has 27 heavy (non-hydrogen) atoms. The zero-order chi connectivity index (χ0) is 18.6. The number of benzene rings is 2. The van der Waals surface area contributed by atoms with Crippen molar-refractivity contribution in [1.82, 2.24) is 14.9 Å². The van der Waals surface area contributed by atoms with E-state index in [0.29, 0.717) is 11.5 Å². The van der Waals surface area contributed by atoms with Gasteiger partial charge in [-0.15, -0.1) is 0 Å². The van der Waals surface area contributed by atoms with Crippen molar-refractivity contribution in [3.63, 3.8) is 0 Å². The number of imidazole rings is 1. The third-order valence-electron chi connectivity index (χ3n) is 5.18. The number of likely N-dealkylation sites (tertiary alicyclic amines) is 1. The molecule has 2 heterocycles. The summed E-state index contributed by atoms with van der Waals surface area (Å²) in [6, 6.07) is 15.7. The van der Waals surface area contributed by atoms with Crippen LogP contribution in [0.4, 0.5) is 0 Å². The summed E-state index contributed by atoms with van der Waals surface area (Å²) in [6.45, 7) is 1.59. The van der Waals surface area contributed by atoms with Crippen molar-refractivity contribution in [2.75, 3.05) is 13.1 Å². The number of hydrogen-bond donors (Lipinski definition) is 2. The van der Waals surface area contributed by atoms with Crippen LogP contribution >= 0.6 is 0 Å². The van der Waals surface area contributed by atoms with Crippen LogP contribution in [0.25, 0.3) is 11.4 Å². The zero-order valence-corrected chi connectivity index (χ0v) is 15.1. The molecule has 0 spiro atoms. The van der Waals surface area contributed by atoms with Gasteiger partial charge >= 0.3 is 0 Å². The first kappa shape index (κ1) is 17.5. The molecule has 0 unspecified atom stereocenters. The number of carbonyl (C=O) groups is 1. The minimum absolute atomic E-state index is 0.0622. The van der Waals surface area contributed by atoms with Gasteiger partial charge in [0.2, 0.25) is 0 Å². The lowest BCUT2D eigenvalue weighted by molar-refractivity contribution is 0.0788. The first-order valence-electron chi connectivity index (χ1n) is 9.31. The highest BCUT2D eigenvalue weighted by Crippen LogP contribution is 2.26. The van der Waals surface area contributed by atoms with Crippen LogP contribution in [0.1, 0.15) is 27.9 Å². The summed E-state index contributed by atoms with van der Waals surface area (Å²) in [4.78, 5) is 22.4. The minimum Gasteiger partial charge on any atom is -0.392 e. The highest BCUT2D eigenvalue weighted by molar-refractivity contribution is 6.00. The van der Waals surface area contributed by atoms with Crippen LogP contribution in [0.5, 0.6) is 0 Å². The number of amides is 1. The standard InChI is InChI=1S/C22H23N3O2/c26-15-18-5-3-4-16(13-18)12-17-8-11-25(14-17)22(27)20-7-2-1-6-19(20)21-23-9-10-24-21/h1-7,9-10,13,17,26H,8,11-12,14-15H2,(H,23,24)/t17-/m0/s1. The molecule has 0 aliphatic carbocycles. The van der Waals surface area contributed by atoms with Gasteiger partial charge in [-0.1, -0.05) is 42.5 Å².